The van der Waals surface area contributed by atoms with Crippen LogP contribution in [-0.4, -0.2) is 17.8 Å². The first-order valence-electron chi connectivity index (χ1n) is 5.88. The molecule has 1 aromatic rings. The van der Waals surface area contributed by atoms with E-state index < -0.39 is 0 Å². The first kappa shape index (κ1) is 15.8. The first-order valence-corrected chi connectivity index (χ1v) is 7.76. The highest BCUT2D eigenvalue weighted by Crippen LogP contribution is 2.24. The Kier molecular flexibility index (Phi) is 7.05. The third-order valence-corrected chi connectivity index (χ3v) is 3.92. The van der Waals surface area contributed by atoms with Crippen LogP contribution in [0.4, 0.5) is 0 Å². The van der Waals surface area contributed by atoms with Crippen LogP contribution in [-0.2, 0) is 0 Å². The maximum absolute atomic E-state index is 12.0. The van der Waals surface area contributed by atoms with Crippen molar-refractivity contribution in [2.45, 2.75) is 19.8 Å². The summed E-state index contributed by atoms with van der Waals surface area (Å²) in [5.74, 6) is 0.258. The van der Waals surface area contributed by atoms with E-state index in [9.17, 15) is 4.79 Å². The number of hydrogen-bond donors (Lipinski definition) is 1. The van der Waals surface area contributed by atoms with E-state index in [1.165, 1.54) is 0 Å². The molecule has 1 atom stereocenters. The summed E-state index contributed by atoms with van der Waals surface area (Å²) in [6.45, 7) is 2.75. The fourth-order valence-corrected chi connectivity index (χ4v) is 2.86. The van der Waals surface area contributed by atoms with E-state index in [0.717, 1.165) is 18.2 Å². The third kappa shape index (κ3) is 4.45. The van der Waals surface area contributed by atoms with Crippen molar-refractivity contribution in [3.63, 3.8) is 0 Å². The van der Waals surface area contributed by atoms with Gasteiger partial charge in [-0.25, -0.2) is 0 Å². The van der Waals surface area contributed by atoms with Crippen LogP contribution in [0.25, 0.3) is 0 Å². The van der Waals surface area contributed by atoms with Gasteiger partial charge in [0.2, 0.25) is 0 Å². The Morgan fingerprint density at radius 1 is 1.39 bits per heavy atom. The van der Waals surface area contributed by atoms with Crippen LogP contribution in [0.3, 0.4) is 0 Å². The summed E-state index contributed by atoms with van der Waals surface area (Å²) < 4.78 is 0. The van der Waals surface area contributed by atoms with Crippen molar-refractivity contribution in [2.75, 3.05) is 11.9 Å². The molecule has 1 amide bonds. The Morgan fingerprint density at radius 2 is 2.00 bits per heavy atom. The van der Waals surface area contributed by atoms with Crippen molar-refractivity contribution in [3.8, 4) is 0 Å². The molecule has 2 nitrogen and oxygen atoms in total. The highest BCUT2D eigenvalue weighted by atomic mass is 79.9. The Morgan fingerprint density at radius 3 is 2.50 bits per heavy atom. The molecule has 100 valence electrons. The summed E-state index contributed by atoms with van der Waals surface area (Å²) in [4.78, 5) is 12.0. The van der Waals surface area contributed by atoms with Crippen LogP contribution in [0, 0.1) is 5.92 Å². The van der Waals surface area contributed by atoms with E-state index in [4.69, 9.17) is 23.2 Å². The van der Waals surface area contributed by atoms with Gasteiger partial charge in [0.1, 0.15) is 0 Å². The quantitative estimate of drug-likeness (QED) is 0.748. The fraction of sp³-hybridized carbons (Fsp3) is 0.462. The molecule has 0 fully saturated rings. The Bertz CT molecular complexity index is 392. The predicted molar refractivity (Wildman–Crippen MR) is 81.0 cm³/mol. The molecule has 0 aliphatic carbocycles. The highest BCUT2D eigenvalue weighted by Gasteiger charge is 2.15. The van der Waals surface area contributed by atoms with Crippen molar-refractivity contribution in [1.29, 1.82) is 0 Å². The van der Waals surface area contributed by atoms with Gasteiger partial charge in [0, 0.05) is 11.9 Å². The lowest BCUT2D eigenvalue weighted by Gasteiger charge is -2.15. The fourth-order valence-electron chi connectivity index (χ4n) is 1.64. The lowest BCUT2D eigenvalue weighted by atomic mass is 10.0. The molecule has 0 saturated heterocycles. The molecule has 1 unspecified atom stereocenters. The Hall–Kier alpha value is -0.250. The number of carbonyl (C=O) groups excluding carboxylic acids is 1. The molecule has 1 aromatic carbocycles. The van der Waals surface area contributed by atoms with Crippen molar-refractivity contribution >= 4 is 45.0 Å². The maximum atomic E-state index is 12.0. The van der Waals surface area contributed by atoms with E-state index in [-0.39, 0.29) is 5.91 Å². The zero-order valence-corrected chi connectivity index (χ0v) is 13.3. The molecular weight excluding hydrogens is 337 g/mol. The lowest BCUT2D eigenvalue weighted by Crippen LogP contribution is -2.29. The number of halogens is 3. The molecule has 1 N–H and O–H groups in total. The van der Waals surface area contributed by atoms with Gasteiger partial charge in [0.15, 0.2) is 0 Å². The molecule has 0 aliphatic rings. The van der Waals surface area contributed by atoms with E-state index in [2.05, 4.69) is 28.2 Å². The van der Waals surface area contributed by atoms with E-state index in [1.54, 1.807) is 18.2 Å². The molecular formula is C13H16BrCl2NO. The lowest BCUT2D eigenvalue weighted by molar-refractivity contribution is 0.0947. The van der Waals surface area contributed by atoms with Crippen LogP contribution >= 0.6 is 39.1 Å². The van der Waals surface area contributed by atoms with Gasteiger partial charge in [-0.2, -0.15) is 0 Å². The van der Waals surface area contributed by atoms with Gasteiger partial charge in [-0.3, -0.25) is 4.79 Å². The second-order valence-corrected chi connectivity index (χ2v) is 5.67. The molecule has 0 heterocycles. The normalized spacial score (nSPS) is 12.2. The minimum absolute atomic E-state index is 0.210. The van der Waals surface area contributed by atoms with E-state index in [0.29, 0.717) is 28.1 Å². The first-order chi connectivity index (χ1) is 8.60. The number of rotatable bonds is 6. The zero-order chi connectivity index (χ0) is 13.5. The summed E-state index contributed by atoms with van der Waals surface area (Å²) in [6, 6.07) is 5.05. The third-order valence-electron chi connectivity index (χ3n) is 2.84. The number of benzene rings is 1. The van der Waals surface area contributed by atoms with Gasteiger partial charge < -0.3 is 5.32 Å². The topological polar surface area (TPSA) is 29.1 Å². The molecule has 0 aromatic heterocycles. The second kappa shape index (κ2) is 8.03. The average molecular weight is 353 g/mol. The Labute approximate surface area is 126 Å². The molecule has 0 spiro atoms. The number of nitrogens with one attached hydrogen (secondary N) is 1. The minimum Gasteiger partial charge on any atom is -0.352 e. The summed E-state index contributed by atoms with van der Waals surface area (Å²) >= 11 is 15.4. The van der Waals surface area contributed by atoms with Gasteiger partial charge >= 0.3 is 0 Å². The average Bonchev–Trinajstić information content (AvgIpc) is 2.34. The molecule has 0 aliphatic heterocycles. The van der Waals surface area contributed by atoms with Crippen LogP contribution in [0.2, 0.25) is 10.0 Å². The van der Waals surface area contributed by atoms with Gasteiger partial charge in [0.25, 0.3) is 5.91 Å². The van der Waals surface area contributed by atoms with Crippen LogP contribution in [0.5, 0.6) is 0 Å². The molecule has 18 heavy (non-hydrogen) atoms. The van der Waals surface area contributed by atoms with Crippen LogP contribution < -0.4 is 5.32 Å². The summed E-state index contributed by atoms with van der Waals surface area (Å²) in [7, 11) is 0. The second-order valence-electron chi connectivity index (χ2n) is 4.06. The van der Waals surface area contributed by atoms with Crippen molar-refractivity contribution in [3.05, 3.63) is 33.8 Å². The van der Waals surface area contributed by atoms with Crippen molar-refractivity contribution in [2.24, 2.45) is 5.92 Å². The minimum atomic E-state index is -0.210. The van der Waals surface area contributed by atoms with Gasteiger partial charge in [0.05, 0.1) is 15.6 Å². The van der Waals surface area contributed by atoms with E-state index in [1.807, 2.05) is 0 Å². The van der Waals surface area contributed by atoms with E-state index >= 15 is 0 Å². The number of carbonyl (C=O) groups is 1. The monoisotopic (exact) mass is 351 g/mol. The Balaban J connectivity index is 2.65. The summed E-state index contributed by atoms with van der Waals surface area (Å²) in [5.41, 5.74) is 0.356. The smallest absolute Gasteiger partial charge is 0.254 e. The van der Waals surface area contributed by atoms with Gasteiger partial charge in [-0.05, 0) is 24.5 Å². The SMILES string of the molecule is CCC(CCBr)CNC(=O)c1c(Cl)cccc1Cl. The van der Waals surface area contributed by atoms with Gasteiger partial charge in [-0.15, -0.1) is 0 Å². The predicted octanol–water partition coefficient (Wildman–Crippen LogP) is 4.53. The molecule has 0 radical (unpaired) electrons. The largest absolute Gasteiger partial charge is 0.352 e. The summed E-state index contributed by atoms with van der Waals surface area (Å²) in [6.07, 6.45) is 2.06. The standard InChI is InChI=1S/C13H16BrCl2NO/c1-2-9(6-7-14)8-17-13(18)12-10(15)4-3-5-11(12)16/h3-5,9H,2,6-8H2,1H3,(H,17,18). The number of alkyl halides is 1. The number of amides is 1. The molecule has 0 bridgehead atoms. The molecule has 5 heteroatoms. The maximum Gasteiger partial charge on any atom is 0.254 e. The van der Waals surface area contributed by atoms with Crippen molar-refractivity contribution < 1.29 is 4.79 Å². The number of hydrogen-bond acceptors (Lipinski definition) is 1. The van der Waals surface area contributed by atoms with Crippen LogP contribution in [0.15, 0.2) is 18.2 Å². The van der Waals surface area contributed by atoms with Gasteiger partial charge in [-0.1, -0.05) is 58.5 Å². The molecule has 1 rings (SSSR count). The van der Waals surface area contributed by atoms with Crippen molar-refractivity contribution in [1.82, 2.24) is 5.32 Å². The highest BCUT2D eigenvalue weighted by molar-refractivity contribution is 9.09. The zero-order valence-electron chi connectivity index (χ0n) is 10.2. The summed E-state index contributed by atoms with van der Waals surface area (Å²) in [5, 5.41) is 4.59. The van der Waals surface area contributed by atoms with Crippen LogP contribution in [0.1, 0.15) is 30.1 Å². The molecule has 0 saturated carbocycles.